The molecule has 0 radical (unpaired) electrons. The zero-order valence-corrected chi connectivity index (χ0v) is 13.4. The van der Waals surface area contributed by atoms with Crippen molar-refractivity contribution in [1.82, 2.24) is 5.32 Å². The van der Waals surface area contributed by atoms with E-state index in [-0.39, 0.29) is 23.7 Å². The summed E-state index contributed by atoms with van der Waals surface area (Å²) in [6.07, 6.45) is 11.5. The maximum atomic E-state index is 12.3. The van der Waals surface area contributed by atoms with Crippen molar-refractivity contribution in [3.05, 3.63) is 12.2 Å². The number of fused-ring (bicyclic) bond motifs is 2. The smallest absolute Gasteiger partial charge is 0.307 e. The summed E-state index contributed by atoms with van der Waals surface area (Å²) < 4.78 is 0. The predicted molar refractivity (Wildman–Crippen MR) is 85.2 cm³/mol. The van der Waals surface area contributed by atoms with Gasteiger partial charge in [-0.1, -0.05) is 25.0 Å². The summed E-state index contributed by atoms with van der Waals surface area (Å²) in [4.78, 5) is 23.6. The van der Waals surface area contributed by atoms with E-state index < -0.39 is 11.9 Å². The molecule has 1 amide bonds. The fourth-order valence-corrected chi connectivity index (χ4v) is 4.06. The largest absolute Gasteiger partial charge is 0.481 e. The summed E-state index contributed by atoms with van der Waals surface area (Å²) in [6.45, 7) is 0.669. The molecule has 21 heavy (non-hydrogen) atoms. The Morgan fingerprint density at radius 3 is 2.48 bits per heavy atom. The second kappa shape index (κ2) is 7.87. The van der Waals surface area contributed by atoms with Gasteiger partial charge in [-0.15, -0.1) is 0 Å². The number of rotatable bonds is 9. The Balaban J connectivity index is 1.71. The third-order valence-electron chi connectivity index (χ3n) is 4.62. The first-order valence-corrected chi connectivity index (χ1v) is 9.22. The fourth-order valence-electron chi connectivity index (χ4n) is 3.57. The number of allylic oxidation sites excluding steroid dienone is 2. The number of thioether (sulfide) groups is 1. The Morgan fingerprint density at radius 1 is 1.14 bits per heavy atom. The van der Waals surface area contributed by atoms with E-state index in [1.54, 1.807) is 0 Å². The highest BCUT2D eigenvalue weighted by Gasteiger charge is 2.51. The van der Waals surface area contributed by atoms with Gasteiger partial charge in [-0.3, -0.25) is 9.59 Å². The van der Waals surface area contributed by atoms with E-state index in [9.17, 15) is 14.7 Å². The average Bonchev–Trinajstić information content (AvgIpc) is 3.06. The Labute approximate surface area is 130 Å². The van der Waals surface area contributed by atoms with Crippen molar-refractivity contribution < 1.29 is 14.7 Å². The maximum absolute atomic E-state index is 12.3. The van der Waals surface area contributed by atoms with Gasteiger partial charge in [0.15, 0.2) is 0 Å². The highest BCUT2D eigenvalue weighted by Crippen LogP contribution is 2.48. The molecule has 0 spiro atoms. The lowest BCUT2D eigenvalue weighted by molar-refractivity contribution is -0.147. The lowest BCUT2D eigenvalue weighted by Gasteiger charge is -2.23. The highest BCUT2D eigenvalue weighted by atomic mass is 32.2. The van der Waals surface area contributed by atoms with Crippen LogP contribution in [-0.2, 0) is 9.59 Å². The molecule has 0 saturated heterocycles. The third-order valence-corrected chi connectivity index (χ3v) is 5.32. The van der Waals surface area contributed by atoms with Crippen molar-refractivity contribution in [1.29, 1.82) is 0 Å². The molecule has 2 rings (SSSR count). The molecule has 2 aliphatic carbocycles. The van der Waals surface area contributed by atoms with E-state index >= 15 is 0 Å². The van der Waals surface area contributed by atoms with Crippen molar-refractivity contribution >= 4 is 23.6 Å². The first kappa shape index (κ1) is 16.4. The van der Waals surface area contributed by atoms with Crippen LogP contribution in [0.3, 0.4) is 0 Å². The van der Waals surface area contributed by atoms with Gasteiger partial charge in [0.2, 0.25) is 5.91 Å². The van der Waals surface area contributed by atoms with Crippen LogP contribution in [0, 0.1) is 23.7 Å². The standard InChI is InChI=1S/C16H25NO3S/c1-21-9-5-3-2-4-8-17-15(18)13-11-6-7-12(10-11)14(13)16(19)20/h6-7,11-14H,2-5,8-10H2,1H3,(H,17,18)(H,19,20)/t11?,12?,13-,14+/m0/s1. The number of carboxylic acid groups (broad SMARTS) is 1. The molecular formula is C16H25NO3S. The van der Waals surface area contributed by atoms with Gasteiger partial charge in [-0.05, 0) is 43.1 Å². The molecule has 4 atom stereocenters. The fraction of sp³-hybridized carbons (Fsp3) is 0.750. The van der Waals surface area contributed by atoms with Gasteiger partial charge in [0, 0.05) is 6.54 Å². The number of aliphatic carboxylic acids is 1. The monoisotopic (exact) mass is 311 g/mol. The van der Waals surface area contributed by atoms with Gasteiger partial charge in [0.05, 0.1) is 11.8 Å². The van der Waals surface area contributed by atoms with Crippen molar-refractivity contribution in [3.8, 4) is 0 Å². The second-order valence-corrected chi connectivity index (χ2v) is 7.02. The zero-order valence-electron chi connectivity index (χ0n) is 12.6. The van der Waals surface area contributed by atoms with E-state index in [1.165, 1.54) is 18.6 Å². The number of nitrogens with one attached hydrogen (secondary N) is 1. The minimum Gasteiger partial charge on any atom is -0.481 e. The number of amides is 1. The Hall–Kier alpha value is -0.970. The Bertz CT molecular complexity index is 410. The van der Waals surface area contributed by atoms with Crippen LogP contribution in [0.25, 0.3) is 0 Å². The van der Waals surface area contributed by atoms with Crippen LogP contribution in [0.15, 0.2) is 12.2 Å². The molecule has 5 heteroatoms. The molecular weight excluding hydrogens is 286 g/mol. The van der Waals surface area contributed by atoms with Crippen LogP contribution < -0.4 is 5.32 Å². The summed E-state index contributed by atoms with van der Waals surface area (Å²) in [6, 6.07) is 0. The zero-order chi connectivity index (χ0) is 15.2. The molecule has 0 aromatic carbocycles. The predicted octanol–water partition coefficient (Wildman–Crippen LogP) is 2.55. The summed E-state index contributed by atoms with van der Waals surface area (Å²) in [5, 5.41) is 12.3. The van der Waals surface area contributed by atoms with Crippen molar-refractivity contribution in [2.24, 2.45) is 23.7 Å². The second-order valence-electron chi connectivity index (χ2n) is 6.04. The van der Waals surface area contributed by atoms with E-state index in [1.807, 2.05) is 23.9 Å². The van der Waals surface area contributed by atoms with E-state index in [4.69, 9.17) is 0 Å². The van der Waals surface area contributed by atoms with E-state index in [0.717, 1.165) is 19.3 Å². The van der Waals surface area contributed by atoms with Gasteiger partial charge >= 0.3 is 5.97 Å². The number of unbranched alkanes of at least 4 members (excludes halogenated alkanes) is 3. The lowest BCUT2D eigenvalue weighted by atomic mass is 9.82. The normalized spacial score (nSPS) is 29.8. The molecule has 118 valence electrons. The first-order valence-electron chi connectivity index (χ1n) is 7.83. The van der Waals surface area contributed by atoms with Gasteiger partial charge in [0.1, 0.15) is 0 Å². The third kappa shape index (κ3) is 4.02. The molecule has 0 heterocycles. The van der Waals surface area contributed by atoms with Gasteiger partial charge < -0.3 is 10.4 Å². The molecule has 1 saturated carbocycles. The van der Waals surface area contributed by atoms with Crippen LogP contribution in [0.2, 0.25) is 0 Å². The quantitative estimate of drug-likeness (QED) is 0.507. The number of carboxylic acids is 1. The first-order chi connectivity index (χ1) is 10.1. The summed E-state index contributed by atoms with van der Waals surface area (Å²) in [5.41, 5.74) is 0. The highest BCUT2D eigenvalue weighted by molar-refractivity contribution is 7.98. The Morgan fingerprint density at radius 2 is 1.81 bits per heavy atom. The molecule has 2 aliphatic rings. The molecule has 1 fully saturated rings. The molecule has 0 aromatic heterocycles. The molecule has 2 bridgehead atoms. The topological polar surface area (TPSA) is 66.4 Å². The van der Waals surface area contributed by atoms with Crippen LogP contribution in [0.1, 0.15) is 32.1 Å². The summed E-state index contributed by atoms with van der Waals surface area (Å²) >= 11 is 1.87. The van der Waals surface area contributed by atoms with E-state index in [0.29, 0.717) is 6.54 Å². The van der Waals surface area contributed by atoms with Gasteiger partial charge in [-0.2, -0.15) is 11.8 Å². The summed E-state index contributed by atoms with van der Waals surface area (Å²) in [5.74, 6) is -0.417. The molecule has 4 nitrogen and oxygen atoms in total. The molecule has 0 aromatic rings. The minimum absolute atomic E-state index is 0.0507. The van der Waals surface area contributed by atoms with Gasteiger partial charge in [-0.25, -0.2) is 0 Å². The average molecular weight is 311 g/mol. The number of hydrogen-bond donors (Lipinski definition) is 2. The lowest BCUT2D eigenvalue weighted by Crippen LogP contribution is -2.40. The van der Waals surface area contributed by atoms with Crippen LogP contribution in [0.4, 0.5) is 0 Å². The van der Waals surface area contributed by atoms with E-state index in [2.05, 4.69) is 11.6 Å². The van der Waals surface area contributed by atoms with Crippen LogP contribution >= 0.6 is 11.8 Å². The Kier molecular flexibility index (Phi) is 6.15. The number of carbonyl (C=O) groups is 2. The van der Waals surface area contributed by atoms with Crippen molar-refractivity contribution in [2.45, 2.75) is 32.1 Å². The molecule has 2 N–H and O–H groups in total. The maximum Gasteiger partial charge on any atom is 0.307 e. The van der Waals surface area contributed by atoms with Gasteiger partial charge in [0.25, 0.3) is 0 Å². The molecule has 2 unspecified atom stereocenters. The SMILES string of the molecule is CSCCCCCCNC(=O)[C@H]1C2C=CC(C2)[C@H]1C(=O)O. The number of carbonyl (C=O) groups excluding carboxylic acids is 1. The van der Waals surface area contributed by atoms with Crippen LogP contribution in [0.5, 0.6) is 0 Å². The molecule has 0 aliphatic heterocycles. The minimum atomic E-state index is -0.830. The van der Waals surface area contributed by atoms with Crippen molar-refractivity contribution in [3.63, 3.8) is 0 Å². The van der Waals surface area contributed by atoms with Crippen molar-refractivity contribution in [2.75, 3.05) is 18.6 Å². The van der Waals surface area contributed by atoms with Crippen LogP contribution in [-0.4, -0.2) is 35.5 Å². The number of hydrogen-bond acceptors (Lipinski definition) is 3. The summed E-state index contributed by atoms with van der Waals surface area (Å²) in [7, 11) is 0.